The Labute approximate surface area is 147 Å². The van der Waals surface area contributed by atoms with E-state index >= 15 is 0 Å². The molecule has 2 aromatic rings. The second-order valence-electron chi connectivity index (χ2n) is 5.00. The van der Waals surface area contributed by atoms with Gasteiger partial charge in [0.15, 0.2) is 0 Å². The van der Waals surface area contributed by atoms with Crippen molar-refractivity contribution in [2.45, 2.75) is 20.0 Å². The van der Waals surface area contributed by atoms with Crippen LogP contribution in [0.3, 0.4) is 0 Å². The van der Waals surface area contributed by atoms with Gasteiger partial charge in [-0.3, -0.25) is 0 Å². The summed E-state index contributed by atoms with van der Waals surface area (Å²) < 4.78 is 54.8. The molecule has 0 unspecified atom stereocenters. The van der Waals surface area contributed by atoms with Crippen molar-refractivity contribution >= 4 is 17.8 Å². The van der Waals surface area contributed by atoms with Crippen LogP contribution in [0.15, 0.2) is 30.3 Å². The Hall–Kier alpha value is -2.41. The fraction of sp³-hybridized carbons (Fsp3) is 0.235. The first kappa shape index (κ1) is 18.9. The number of ether oxygens (including phenoxy) is 3. The normalized spacial score (nSPS) is 10.7. The molecule has 0 N–H and O–H groups in total. The summed E-state index contributed by atoms with van der Waals surface area (Å²) >= 11 is 5.94. The second kappa shape index (κ2) is 8.11. The van der Waals surface area contributed by atoms with Crippen LogP contribution in [0, 0.1) is 12.7 Å². The van der Waals surface area contributed by atoms with E-state index in [4.69, 9.17) is 21.1 Å². The van der Waals surface area contributed by atoms with Gasteiger partial charge in [0.25, 0.3) is 6.43 Å². The first-order valence-electron chi connectivity index (χ1n) is 7.07. The number of carbonyl (C=O) groups excluding carboxylic acids is 1. The Bertz CT molecular complexity index is 781. The van der Waals surface area contributed by atoms with E-state index in [1.54, 1.807) is 6.92 Å². The van der Waals surface area contributed by atoms with Gasteiger partial charge in [-0.1, -0.05) is 17.7 Å². The minimum Gasteiger partial charge on any atom is -0.488 e. The van der Waals surface area contributed by atoms with Crippen LogP contribution in [-0.4, -0.2) is 13.3 Å². The number of rotatable bonds is 5. The zero-order chi connectivity index (χ0) is 18.6. The van der Waals surface area contributed by atoms with Crippen LogP contribution in [0.5, 0.6) is 11.5 Å². The zero-order valence-electron chi connectivity index (χ0n) is 13.3. The largest absolute Gasteiger partial charge is 0.513 e. The van der Waals surface area contributed by atoms with E-state index in [0.717, 1.165) is 13.2 Å². The van der Waals surface area contributed by atoms with Crippen LogP contribution < -0.4 is 9.47 Å². The van der Waals surface area contributed by atoms with E-state index < -0.39 is 25.0 Å². The van der Waals surface area contributed by atoms with Gasteiger partial charge in [-0.2, -0.15) is 0 Å². The lowest BCUT2D eigenvalue weighted by atomic mass is 10.1. The predicted molar refractivity (Wildman–Crippen MR) is 84.9 cm³/mol. The molecule has 2 aromatic carbocycles. The van der Waals surface area contributed by atoms with Gasteiger partial charge in [0.2, 0.25) is 0 Å². The van der Waals surface area contributed by atoms with Gasteiger partial charge in [-0.15, -0.1) is 0 Å². The first-order chi connectivity index (χ1) is 11.8. The average molecular weight is 375 g/mol. The molecule has 0 radical (unpaired) electrons. The summed E-state index contributed by atoms with van der Waals surface area (Å²) in [7, 11) is 1.10. The topological polar surface area (TPSA) is 44.8 Å². The summed E-state index contributed by atoms with van der Waals surface area (Å²) in [5.74, 6) is -1.04. The van der Waals surface area contributed by atoms with Gasteiger partial charge < -0.3 is 14.2 Å². The van der Waals surface area contributed by atoms with E-state index in [0.29, 0.717) is 5.56 Å². The summed E-state index contributed by atoms with van der Waals surface area (Å²) in [4.78, 5) is 11.2. The number of alkyl halides is 2. The average Bonchev–Trinajstić information content (AvgIpc) is 2.56. The van der Waals surface area contributed by atoms with Crippen LogP contribution in [-0.2, 0) is 11.3 Å². The molecule has 0 aliphatic carbocycles. The van der Waals surface area contributed by atoms with E-state index in [-0.39, 0.29) is 27.6 Å². The Morgan fingerprint density at radius 2 is 1.96 bits per heavy atom. The molecule has 134 valence electrons. The van der Waals surface area contributed by atoms with Crippen LogP contribution in [0.2, 0.25) is 5.02 Å². The van der Waals surface area contributed by atoms with E-state index in [9.17, 15) is 18.0 Å². The molecule has 25 heavy (non-hydrogen) atoms. The van der Waals surface area contributed by atoms with Gasteiger partial charge in [0, 0.05) is 5.02 Å². The van der Waals surface area contributed by atoms with Crippen molar-refractivity contribution < 1.29 is 32.2 Å². The number of carbonyl (C=O) groups is 1. The summed E-state index contributed by atoms with van der Waals surface area (Å²) in [6, 6.07) is 6.22. The summed E-state index contributed by atoms with van der Waals surface area (Å²) in [5.41, 5.74) is -0.0246. The Balaban J connectivity index is 2.30. The highest BCUT2D eigenvalue weighted by atomic mass is 35.5. The van der Waals surface area contributed by atoms with E-state index in [1.165, 1.54) is 24.3 Å². The fourth-order valence-electron chi connectivity index (χ4n) is 2.04. The lowest BCUT2D eigenvalue weighted by Gasteiger charge is -2.15. The minimum absolute atomic E-state index is 0.121. The van der Waals surface area contributed by atoms with Gasteiger partial charge in [0.1, 0.15) is 23.9 Å². The summed E-state index contributed by atoms with van der Waals surface area (Å²) in [6.07, 6.45) is -3.84. The molecule has 0 saturated heterocycles. The standard InChI is InChI=1S/C17H14ClF3O4/c1-9-6-10(16(20)21)15(7-12(9)18)24-8-11-13(19)4-3-5-14(11)25-17(22)23-2/h3-7,16H,8H2,1-2H3. The molecular weight excluding hydrogens is 361 g/mol. The number of hydrogen-bond acceptors (Lipinski definition) is 4. The third kappa shape index (κ3) is 4.57. The van der Waals surface area contributed by atoms with Crippen LogP contribution in [0.25, 0.3) is 0 Å². The maximum atomic E-state index is 14.0. The van der Waals surface area contributed by atoms with Gasteiger partial charge >= 0.3 is 6.16 Å². The van der Waals surface area contributed by atoms with Crippen LogP contribution in [0.1, 0.15) is 23.1 Å². The molecule has 2 rings (SSSR count). The maximum Gasteiger partial charge on any atom is 0.513 e. The molecule has 4 nitrogen and oxygen atoms in total. The number of benzene rings is 2. The first-order valence-corrected chi connectivity index (χ1v) is 7.45. The lowest BCUT2D eigenvalue weighted by molar-refractivity contribution is 0.120. The molecule has 0 saturated carbocycles. The monoisotopic (exact) mass is 374 g/mol. The number of hydrogen-bond donors (Lipinski definition) is 0. The molecule has 8 heteroatoms. The number of methoxy groups -OCH3 is 1. The minimum atomic E-state index is -2.79. The predicted octanol–water partition coefficient (Wildman–Crippen LogP) is 5.45. The maximum absolute atomic E-state index is 14.0. The molecule has 0 aliphatic rings. The third-order valence-electron chi connectivity index (χ3n) is 3.33. The molecular formula is C17H14ClF3O4. The van der Waals surface area contributed by atoms with E-state index in [1.807, 2.05) is 0 Å². The molecule has 0 atom stereocenters. The quantitative estimate of drug-likeness (QED) is 0.515. The molecule has 0 aromatic heterocycles. The SMILES string of the molecule is COC(=O)Oc1cccc(F)c1COc1cc(Cl)c(C)cc1C(F)F. The second-order valence-corrected chi connectivity index (χ2v) is 5.41. The Morgan fingerprint density at radius 1 is 1.24 bits per heavy atom. The third-order valence-corrected chi connectivity index (χ3v) is 3.74. The smallest absolute Gasteiger partial charge is 0.488 e. The Morgan fingerprint density at radius 3 is 2.60 bits per heavy atom. The van der Waals surface area contributed by atoms with Crippen LogP contribution >= 0.6 is 11.6 Å². The highest BCUT2D eigenvalue weighted by Gasteiger charge is 2.19. The molecule has 0 spiro atoms. The van der Waals surface area contributed by atoms with Crippen molar-refractivity contribution in [3.63, 3.8) is 0 Å². The van der Waals surface area contributed by atoms with Crippen molar-refractivity contribution in [1.29, 1.82) is 0 Å². The number of aryl methyl sites for hydroxylation is 1. The van der Waals surface area contributed by atoms with Crippen molar-refractivity contribution in [3.8, 4) is 11.5 Å². The van der Waals surface area contributed by atoms with Crippen molar-refractivity contribution in [1.82, 2.24) is 0 Å². The summed E-state index contributed by atoms with van der Waals surface area (Å²) in [6.45, 7) is 1.13. The fourth-order valence-corrected chi connectivity index (χ4v) is 2.19. The van der Waals surface area contributed by atoms with Crippen molar-refractivity contribution in [2.75, 3.05) is 7.11 Å². The van der Waals surface area contributed by atoms with Crippen LogP contribution in [0.4, 0.5) is 18.0 Å². The van der Waals surface area contributed by atoms with Gasteiger partial charge in [-0.25, -0.2) is 18.0 Å². The van der Waals surface area contributed by atoms with E-state index in [2.05, 4.69) is 4.74 Å². The molecule has 0 aliphatic heterocycles. The molecule has 0 heterocycles. The lowest BCUT2D eigenvalue weighted by Crippen LogP contribution is -2.11. The summed E-state index contributed by atoms with van der Waals surface area (Å²) in [5, 5.41) is 0.235. The molecule has 0 bridgehead atoms. The number of halogens is 4. The van der Waals surface area contributed by atoms with Gasteiger partial charge in [0.05, 0.1) is 18.2 Å². The Kier molecular flexibility index (Phi) is 6.14. The zero-order valence-corrected chi connectivity index (χ0v) is 14.1. The molecule has 0 fully saturated rings. The van der Waals surface area contributed by atoms with Crippen molar-refractivity contribution in [2.24, 2.45) is 0 Å². The van der Waals surface area contributed by atoms with Gasteiger partial charge in [-0.05, 0) is 36.8 Å². The molecule has 0 amide bonds. The highest BCUT2D eigenvalue weighted by Crippen LogP contribution is 2.35. The van der Waals surface area contributed by atoms with Crippen molar-refractivity contribution in [3.05, 3.63) is 57.9 Å². The highest BCUT2D eigenvalue weighted by molar-refractivity contribution is 6.31.